The van der Waals surface area contributed by atoms with E-state index in [1.165, 1.54) is 31.5 Å². The first-order chi connectivity index (χ1) is 8.11. The van der Waals surface area contributed by atoms with Crippen LogP contribution in [0.4, 0.5) is 10.5 Å². The van der Waals surface area contributed by atoms with Gasteiger partial charge in [-0.05, 0) is 6.07 Å². The maximum atomic E-state index is 10.9. The summed E-state index contributed by atoms with van der Waals surface area (Å²) in [5.41, 5.74) is 0.474. The van der Waals surface area contributed by atoms with Crippen molar-refractivity contribution in [2.75, 3.05) is 7.11 Å². The molecular weight excluding hydrogens is 228 g/mol. The number of ether oxygens (including phenoxy) is 2. The lowest BCUT2D eigenvalue weighted by Gasteiger charge is -1.99. The minimum atomic E-state index is -0.843. The van der Waals surface area contributed by atoms with Gasteiger partial charge in [-0.25, -0.2) is 4.79 Å². The maximum Gasteiger partial charge on any atom is 0.513 e. The van der Waals surface area contributed by atoms with Crippen molar-refractivity contribution in [1.82, 2.24) is 4.98 Å². The lowest BCUT2D eigenvalue weighted by atomic mass is 10.2. The first-order valence-corrected chi connectivity index (χ1v) is 4.63. The molecular formula is C10H8N2O5. The molecule has 2 aromatic rings. The summed E-state index contributed by atoms with van der Waals surface area (Å²) in [6, 6.07) is 4.20. The van der Waals surface area contributed by atoms with Gasteiger partial charge in [0, 0.05) is 23.7 Å². The Balaban J connectivity index is 2.41. The summed E-state index contributed by atoms with van der Waals surface area (Å²) in [4.78, 5) is 23.8. The highest BCUT2D eigenvalue weighted by Gasteiger charge is 2.13. The fourth-order valence-electron chi connectivity index (χ4n) is 1.42. The number of benzene rings is 1. The van der Waals surface area contributed by atoms with Gasteiger partial charge in [-0.3, -0.25) is 10.1 Å². The molecule has 1 aromatic heterocycles. The number of carbonyl (C=O) groups is 1. The first-order valence-electron chi connectivity index (χ1n) is 4.63. The second kappa shape index (κ2) is 4.12. The van der Waals surface area contributed by atoms with E-state index in [0.29, 0.717) is 10.9 Å². The number of aromatic amines is 1. The summed E-state index contributed by atoms with van der Waals surface area (Å²) in [5, 5.41) is 11.1. The van der Waals surface area contributed by atoms with Gasteiger partial charge in [0.15, 0.2) is 5.75 Å². The van der Waals surface area contributed by atoms with E-state index in [1.54, 1.807) is 0 Å². The van der Waals surface area contributed by atoms with Gasteiger partial charge in [0.25, 0.3) is 5.69 Å². The predicted molar refractivity (Wildman–Crippen MR) is 58.0 cm³/mol. The third-order valence-electron chi connectivity index (χ3n) is 2.20. The number of nitro groups is 1. The standard InChI is InChI=1S/C10H8N2O5/c1-16-10(13)17-9-5-11-8-4-6(12(14)15)2-3-7(8)9/h2-5,11H,1H3. The number of hydrogen-bond acceptors (Lipinski definition) is 5. The zero-order chi connectivity index (χ0) is 12.4. The van der Waals surface area contributed by atoms with Gasteiger partial charge in [-0.2, -0.15) is 0 Å². The summed E-state index contributed by atoms with van der Waals surface area (Å²) >= 11 is 0. The zero-order valence-corrected chi connectivity index (χ0v) is 8.80. The molecule has 0 spiro atoms. The smallest absolute Gasteiger partial charge is 0.437 e. The molecule has 0 saturated carbocycles. The summed E-state index contributed by atoms with van der Waals surface area (Å²) in [5.74, 6) is 0.266. The monoisotopic (exact) mass is 236 g/mol. The molecule has 0 aliphatic rings. The Morgan fingerprint density at radius 2 is 2.24 bits per heavy atom. The van der Waals surface area contributed by atoms with E-state index >= 15 is 0 Å². The number of hydrogen-bond donors (Lipinski definition) is 1. The number of fused-ring (bicyclic) bond motifs is 1. The van der Waals surface area contributed by atoms with E-state index in [4.69, 9.17) is 4.74 Å². The lowest BCUT2D eigenvalue weighted by Crippen LogP contribution is -2.06. The second-order valence-corrected chi connectivity index (χ2v) is 3.20. The number of rotatable bonds is 2. The third kappa shape index (κ3) is 2.03. The van der Waals surface area contributed by atoms with E-state index in [9.17, 15) is 14.9 Å². The summed E-state index contributed by atoms with van der Waals surface area (Å²) in [6.07, 6.45) is 0.593. The van der Waals surface area contributed by atoms with Gasteiger partial charge >= 0.3 is 6.16 Å². The molecule has 0 atom stereocenters. The normalized spacial score (nSPS) is 10.2. The maximum absolute atomic E-state index is 10.9. The number of non-ortho nitro benzene ring substituents is 1. The fraction of sp³-hybridized carbons (Fsp3) is 0.100. The molecule has 7 nitrogen and oxygen atoms in total. The van der Waals surface area contributed by atoms with Crippen molar-refractivity contribution in [2.45, 2.75) is 0 Å². The van der Waals surface area contributed by atoms with Gasteiger partial charge in [-0.1, -0.05) is 0 Å². The molecule has 0 bridgehead atoms. The van der Waals surface area contributed by atoms with Crippen LogP contribution >= 0.6 is 0 Å². The molecule has 0 aliphatic carbocycles. The summed E-state index contributed by atoms with van der Waals surface area (Å²) in [6.45, 7) is 0. The summed E-state index contributed by atoms with van der Waals surface area (Å²) < 4.78 is 9.21. The molecule has 7 heteroatoms. The Morgan fingerprint density at radius 3 is 2.88 bits per heavy atom. The average molecular weight is 236 g/mol. The quantitative estimate of drug-likeness (QED) is 0.490. The lowest BCUT2D eigenvalue weighted by molar-refractivity contribution is -0.384. The molecule has 0 radical (unpaired) electrons. The third-order valence-corrected chi connectivity index (χ3v) is 2.20. The van der Waals surface area contributed by atoms with Gasteiger partial charge in [-0.15, -0.1) is 0 Å². The van der Waals surface area contributed by atoms with Crippen molar-refractivity contribution >= 4 is 22.7 Å². The number of nitro benzene ring substituents is 1. The number of methoxy groups -OCH3 is 1. The number of nitrogens with one attached hydrogen (secondary N) is 1. The Bertz CT molecular complexity index is 589. The molecule has 0 saturated heterocycles. The van der Waals surface area contributed by atoms with Crippen molar-refractivity contribution in [3.05, 3.63) is 34.5 Å². The first kappa shape index (κ1) is 10.9. The molecule has 2 rings (SSSR count). The van der Waals surface area contributed by atoms with E-state index in [1.807, 2.05) is 0 Å². The fourth-order valence-corrected chi connectivity index (χ4v) is 1.42. The number of carbonyl (C=O) groups excluding carboxylic acids is 1. The number of H-pyrrole nitrogens is 1. The molecule has 1 aromatic carbocycles. The van der Waals surface area contributed by atoms with E-state index in [-0.39, 0.29) is 11.4 Å². The van der Waals surface area contributed by atoms with Crippen LogP contribution < -0.4 is 4.74 Å². The largest absolute Gasteiger partial charge is 0.513 e. The topological polar surface area (TPSA) is 94.5 Å². The van der Waals surface area contributed by atoms with E-state index < -0.39 is 11.1 Å². The molecule has 0 unspecified atom stereocenters. The van der Waals surface area contributed by atoms with Crippen LogP contribution in [0.25, 0.3) is 10.9 Å². The highest BCUT2D eigenvalue weighted by molar-refractivity contribution is 5.89. The van der Waals surface area contributed by atoms with Crippen LogP contribution in [0.1, 0.15) is 0 Å². The zero-order valence-electron chi connectivity index (χ0n) is 8.80. The second-order valence-electron chi connectivity index (χ2n) is 3.20. The molecule has 17 heavy (non-hydrogen) atoms. The Labute approximate surface area is 95.1 Å². The van der Waals surface area contributed by atoms with Crippen molar-refractivity contribution < 1.29 is 19.2 Å². The van der Waals surface area contributed by atoms with Gasteiger partial charge < -0.3 is 14.5 Å². The van der Waals surface area contributed by atoms with Crippen molar-refractivity contribution in [3.63, 3.8) is 0 Å². The van der Waals surface area contributed by atoms with Gasteiger partial charge in [0.1, 0.15) is 0 Å². The average Bonchev–Trinajstić information content (AvgIpc) is 2.71. The Morgan fingerprint density at radius 1 is 1.47 bits per heavy atom. The minimum absolute atomic E-state index is 0.0380. The highest BCUT2D eigenvalue weighted by atomic mass is 16.7. The van der Waals surface area contributed by atoms with E-state index in [2.05, 4.69) is 9.72 Å². The molecule has 0 amide bonds. The molecule has 1 heterocycles. The molecule has 0 fully saturated rings. The van der Waals surface area contributed by atoms with Crippen molar-refractivity contribution in [1.29, 1.82) is 0 Å². The minimum Gasteiger partial charge on any atom is -0.437 e. The molecule has 0 aliphatic heterocycles. The number of nitrogens with zero attached hydrogens (tertiary/aromatic N) is 1. The van der Waals surface area contributed by atoms with Crippen LogP contribution in [0.5, 0.6) is 5.75 Å². The van der Waals surface area contributed by atoms with E-state index in [0.717, 1.165) is 0 Å². The SMILES string of the molecule is COC(=O)Oc1c[nH]c2cc([N+](=O)[O-])ccc12. The Hall–Kier alpha value is -2.57. The predicted octanol–water partition coefficient (Wildman–Crippen LogP) is 2.22. The van der Waals surface area contributed by atoms with Crippen LogP contribution in [0.15, 0.2) is 24.4 Å². The highest BCUT2D eigenvalue weighted by Crippen LogP contribution is 2.28. The molecule has 1 N–H and O–H groups in total. The van der Waals surface area contributed by atoms with Gasteiger partial charge in [0.2, 0.25) is 0 Å². The molecule has 88 valence electrons. The van der Waals surface area contributed by atoms with Crippen LogP contribution in [-0.4, -0.2) is 23.2 Å². The Kier molecular flexibility index (Phi) is 2.65. The van der Waals surface area contributed by atoms with Crippen LogP contribution in [0.3, 0.4) is 0 Å². The van der Waals surface area contributed by atoms with Gasteiger partial charge in [0.05, 0.1) is 17.5 Å². The van der Waals surface area contributed by atoms with Crippen LogP contribution in [-0.2, 0) is 4.74 Å². The van der Waals surface area contributed by atoms with Crippen molar-refractivity contribution in [3.8, 4) is 5.75 Å². The number of aromatic nitrogens is 1. The summed E-state index contributed by atoms with van der Waals surface area (Å²) in [7, 11) is 1.20. The van der Waals surface area contributed by atoms with Crippen LogP contribution in [0.2, 0.25) is 0 Å². The van der Waals surface area contributed by atoms with Crippen LogP contribution in [0, 0.1) is 10.1 Å². The van der Waals surface area contributed by atoms with Crippen molar-refractivity contribution in [2.24, 2.45) is 0 Å².